The zero-order valence-corrected chi connectivity index (χ0v) is 22.4. The number of hydrogen-bond acceptors (Lipinski definition) is 0. The summed E-state index contributed by atoms with van der Waals surface area (Å²) in [5.74, 6) is 5.34. The molecule has 8 atom stereocenters. The maximum absolute atomic E-state index is 5.99. The molecule has 178 valence electrons. The Balaban J connectivity index is 1.68. The molecule has 0 radical (unpaired) electrons. The van der Waals surface area contributed by atoms with Crippen LogP contribution in [0.1, 0.15) is 93.4 Å². The summed E-state index contributed by atoms with van der Waals surface area (Å²) in [6.07, 6.45) is 20.3. The summed E-state index contributed by atoms with van der Waals surface area (Å²) in [5, 5.41) is 0. The molecule has 0 N–H and O–H groups in total. The molecule has 0 bridgehead atoms. The summed E-state index contributed by atoms with van der Waals surface area (Å²) in [4.78, 5) is 0. The van der Waals surface area contributed by atoms with Crippen LogP contribution in [0.25, 0.3) is 0 Å². The minimum atomic E-state index is -0.00117. The molecule has 33 heavy (non-hydrogen) atoms. The minimum Gasteiger partial charge on any atom is -0.115 e. The Morgan fingerprint density at radius 3 is 2.27 bits per heavy atom. The first-order valence-corrected chi connectivity index (χ1v) is 13.5. The lowest BCUT2D eigenvalue weighted by atomic mass is 9.34. The number of hydrogen-bond donors (Lipinski definition) is 0. The number of fused-ring (bicyclic) bond motifs is 7. The van der Waals surface area contributed by atoms with Crippen molar-refractivity contribution in [2.24, 2.45) is 50.7 Å². The van der Waals surface area contributed by atoms with Crippen molar-refractivity contribution in [3.05, 3.63) is 47.6 Å². The van der Waals surface area contributed by atoms with E-state index in [1.54, 1.807) is 5.57 Å². The smallest absolute Gasteiger partial charge is 0.0240 e. The molecule has 0 heteroatoms. The van der Waals surface area contributed by atoms with Crippen LogP contribution in [-0.4, -0.2) is 0 Å². The normalized spacial score (nSPS) is 50.6. The standard InChI is InChI=1S/C33H46/c1-11-24-19-31(8)25(23(4)22(24)3)12-13-32(9)27(31)18-21(2)28-26-20-29(5,6)14-15-30(26,7)16-17-33(28,32)10/h1,18-19,23,25-26,28H,2-3,12-17,20H2,4-10H3/t23?,25?,26?,28?,30?,31?,32?,33-/m1/s1. The van der Waals surface area contributed by atoms with Crippen molar-refractivity contribution in [3.63, 3.8) is 0 Å². The largest absolute Gasteiger partial charge is 0.115 e. The Labute approximate surface area is 204 Å². The van der Waals surface area contributed by atoms with Gasteiger partial charge in [-0.2, -0.15) is 0 Å². The second-order valence-corrected chi connectivity index (χ2v) is 14.4. The van der Waals surface area contributed by atoms with Crippen molar-refractivity contribution in [3.8, 4) is 12.3 Å². The van der Waals surface area contributed by atoms with E-state index < -0.39 is 0 Å². The quantitative estimate of drug-likeness (QED) is 0.328. The predicted molar refractivity (Wildman–Crippen MR) is 141 cm³/mol. The molecule has 0 aromatic heterocycles. The van der Waals surface area contributed by atoms with Gasteiger partial charge in [0.15, 0.2) is 0 Å². The van der Waals surface area contributed by atoms with Gasteiger partial charge in [-0.1, -0.05) is 90.8 Å². The van der Waals surface area contributed by atoms with Crippen molar-refractivity contribution >= 4 is 0 Å². The Morgan fingerprint density at radius 2 is 1.61 bits per heavy atom. The van der Waals surface area contributed by atoms with Gasteiger partial charge in [0.05, 0.1) is 0 Å². The van der Waals surface area contributed by atoms with Crippen LogP contribution in [-0.2, 0) is 0 Å². The molecule has 3 saturated carbocycles. The summed E-state index contributed by atoms with van der Waals surface area (Å²) in [7, 11) is 0. The van der Waals surface area contributed by atoms with Gasteiger partial charge < -0.3 is 0 Å². The summed E-state index contributed by atoms with van der Waals surface area (Å²) in [6.45, 7) is 26.9. The van der Waals surface area contributed by atoms with Gasteiger partial charge in [0.25, 0.3) is 0 Å². The van der Waals surface area contributed by atoms with E-state index in [-0.39, 0.29) is 16.2 Å². The van der Waals surface area contributed by atoms with Crippen LogP contribution in [0.4, 0.5) is 0 Å². The first kappa shape index (κ1) is 23.3. The molecule has 0 spiro atoms. The van der Waals surface area contributed by atoms with Crippen LogP contribution in [0.5, 0.6) is 0 Å². The molecule has 0 nitrogen and oxygen atoms in total. The number of terminal acetylenes is 1. The van der Waals surface area contributed by atoms with Crippen molar-refractivity contribution in [1.29, 1.82) is 0 Å². The average Bonchev–Trinajstić information content (AvgIpc) is 2.74. The third-order valence-corrected chi connectivity index (χ3v) is 12.3. The Kier molecular flexibility index (Phi) is 4.80. The molecule has 3 fully saturated rings. The van der Waals surface area contributed by atoms with E-state index in [2.05, 4.69) is 73.1 Å². The van der Waals surface area contributed by atoms with Gasteiger partial charge in [-0.3, -0.25) is 0 Å². The Hall–Kier alpha value is -1.48. The van der Waals surface area contributed by atoms with Crippen LogP contribution in [0, 0.1) is 63.1 Å². The zero-order chi connectivity index (χ0) is 24.2. The second-order valence-electron chi connectivity index (χ2n) is 14.4. The molecule has 0 heterocycles. The summed E-state index contributed by atoms with van der Waals surface area (Å²) in [5.41, 5.74) is 6.62. The fourth-order valence-corrected chi connectivity index (χ4v) is 9.84. The van der Waals surface area contributed by atoms with Crippen LogP contribution in [0.3, 0.4) is 0 Å². The van der Waals surface area contributed by atoms with Gasteiger partial charge in [0.1, 0.15) is 0 Å². The third-order valence-electron chi connectivity index (χ3n) is 12.3. The highest BCUT2D eigenvalue weighted by molar-refractivity contribution is 5.54. The zero-order valence-electron chi connectivity index (χ0n) is 22.4. The fourth-order valence-electron chi connectivity index (χ4n) is 9.84. The van der Waals surface area contributed by atoms with E-state index in [9.17, 15) is 0 Å². The van der Waals surface area contributed by atoms with E-state index in [1.165, 1.54) is 56.1 Å². The van der Waals surface area contributed by atoms with Gasteiger partial charge >= 0.3 is 0 Å². The second kappa shape index (κ2) is 6.80. The van der Waals surface area contributed by atoms with Crippen molar-refractivity contribution in [2.45, 2.75) is 93.4 Å². The lowest BCUT2D eigenvalue weighted by Gasteiger charge is -2.69. The van der Waals surface area contributed by atoms with Gasteiger partial charge in [-0.15, -0.1) is 6.42 Å². The molecule has 5 rings (SSSR count). The molecule has 0 aliphatic heterocycles. The van der Waals surface area contributed by atoms with Crippen LogP contribution < -0.4 is 0 Å². The van der Waals surface area contributed by atoms with E-state index in [4.69, 9.17) is 13.0 Å². The van der Waals surface area contributed by atoms with Gasteiger partial charge in [0, 0.05) is 11.0 Å². The third kappa shape index (κ3) is 2.84. The van der Waals surface area contributed by atoms with E-state index in [0.717, 1.165) is 11.5 Å². The van der Waals surface area contributed by atoms with Crippen molar-refractivity contribution < 1.29 is 0 Å². The molecule has 5 aliphatic rings. The summed E-state index contributed by atoms with van der Waals surface area (Å²) in [6, 6.07) is 0. The van der Waals surface area contributed by atoms with Crippen LogP contribution >= 0.6 is 0 Å². The maximum atomic E-state index is 5.99. The van der Waals surface area contributed by atoms with Gasteiger partial charge in [-0.05, 0) is 95.9 Å². The Bertz CT molecular complexity index is 1020. The lowest BCUT2D eigenvalue weighted by molar-refractivity contribution is -0.134. The maximum Gasteiger partial charge on any atom is 0.0240 e. The van der Waals surface area contributed by atoms with Crippen molar-refractivity contribution in [1.82, 2.24) is 0 Å². The summed E-state index contributed by atoms with van der Waals surface area (Å²) >= 11 is 0. The summed E-state index contributed by atoms with van der Waals surface area (Å²) < 4.78 is 0. The van der Waals surface area contributed by atoms with Crippen LogP contribution in [0.2, 0.25) is 0 Å². The predicted octanol–water partition coefficient (Wildman–Crippen LogP) is 8.92. The highest BCUT2D eigenvalue weighted by Gasteiger charge is 2.66. The molecule has 0 amide bonds. The molecule has 0 aromatic carbocycles. The molecule has 0 saturated heterocycles. The topological polar surface area (TPSA) is 0 Å². The molecule has 5 aliphatic carbocycles. The van der Waals surface area contributed by atoms with E-state index in [1.807, 2.05) is 0 Å². The van der Waals surface area contributed by atoms with Crippen molar-refractivity contribution in [2.75, 3.05) is 0 Å². The number of rotatable bonds is 0. The molecular formula is C33H46. The minimum absolute atomic E-state index is 0.00117. The van der Waals surface area contributed by atoms with E-state index >= 15 is 0 Å². The monoisotopic (exact) mass is 442 g/mol. The molecule has 7 unspecified atom stereocenters. The molecule has 0 aromatic rings. The highest BCUT2D eigenvalue weighted by atomic mass is 14.7. The Morgan fingerprint density at radius 1 is 0.939 bits per heavy atom. The van der Waals surface area contributed by atoms with Crippen LogP contribution in [0.15, 0.2) is 47.6 Å². The lowest BCUT2D eigenvalue weighted by Crippen LogP contribution is -2.61. The first-order valence-electron chi connectivity index (χ1n) is 13.5. The SMILES string of the molecule is C#CC1=CC2(C)C3=CC(=C)C4C5CC(C)(C)CCC5(C)CC[C@@]4(C)C3(C)CCC2C(C)C1=C. The average molecular weight is 443 g/mol. The number of allylic oxidation sites excluding steroid dienone is 6. The fraction of sp³-hybridized carbons (Fsp3) is 0.697. The van der Waals surface area contributed by atoms with E-state index in [0.29, 0.717) is 28.6 Å². The first-order chi connectivity index (χ1) is 15.2. The van der Waals surface area contributed by atoms with Gasteiger partial charge in [0.2, 0.25) is 0 Å². The van der Waals surface area contributed by atoms with Gasteiger partial charge in [-0.25, -0.2) is 0 Å². The highest BCUT2D eigenvalue weighted by Crippen LogP contribution is 2.75. The molecular weight excluding hydrogens is 396 g/mol.